The first-order chi connectivity index (χ1) is 11.3. The van der Waals surface area contributed by atoms with Crippen LogP contribution >= 0.6 is 24.0 Å². The molecule has 0 saturated carbocycles. The second-order valence-corrected chi connectivity index (χ2v) is 7.82. The molecule has 1 saturated heterocycles. The van der Waals surface area contributed by atoms with Gasteiger partial charge in [0.1, 0.15) is 6.54 Å². The van der Waals surface area contributed by atoms with E-state index in [2.05, 4.69) is 43.3 Å². The summed E-state index contributed by atoms with van der Waals surface area (Å²) in [6, 6.07) is 0. The van der Waals surface area contributed by atoms with E-state index in [9.17, 15) is 4.79 Å². The van der Waals surface area contributed by atoms with E-state index in [0.29, 0.717) is 11.9 Å². The second-order valence-electron chi connectivity index (χ2n) is 7.82. The van der Waals surface area contributed by atoms with E-state index in [-0.39, 0.29) is 47.9 Å². The SMILES string of the molecule is CCCNC(=NCC(=O)N(C)C)NCC1CCCOC1C(C)(C)C.I. The highest BCUT2D eigenvalue weighted by Crippen LogP contribution is 2.33. The number of aliphatic imine (C=N–C) groups is 1. The Morgan fingerprint density at radius 2 is 1.96 bits per heavy atom. The fourth-order valence-electron chi connectivity index (χ4n) is 2.94. The van der Waals surface area contributed by atoms with E-state index >= 15 is 0 Å². The molecule has 6 nitrogen and oxygen atoms in total. The number of likely N-dealkylation sites (N-methyl/N-ethyl adjacent to an activating group) is 1. The van der Waals surface area contributed by atoms with Crippen molar-refractivity contribution in [2.24, 2.45) is 16.3 Å². The zero-order valence-corrected chi connectivity index (χ0v) is 19.1. The molecule has 148 valence electrons. The van der Waals surface area contributed by atoms with Crippen LogP contribution in [0.25, 0.3) is 0 Å². The van der Waals surface area contributed by atoms with Gasteiger partial charge in [0, 0.05) is 39.7 Å². The van der Waals surface area contributed by atoms with Crippen molar-refractivity contribution in [1.82, 2.24) is 15.5 Å². The van der Waals surface area contributed by atoms with Crippen LogP contribution < -0.4 is 10.6 Å². The van der Waals surface area contributed by atoms with Crippen LogP contribution in [0.2, 0.25) is 0 Å². The third kappa shape index (κ3) is 9.08. The average Bonchev–Trinajstić information content (AvgIpc) is 2.53. The van der Waals surface area contributed by atoms with E-state index in [4.69, 9.17) is 4.74 Å². The topological polar surface area (TPSA) is 66.0 Å². The molecular weight excluding hydrogens is 431 g/mol. The minimum atomic E-state index is 0. The summed E-state index contributed by atoms with van der Waals surface area (Å²) >= 11 is 0. The van der Waals surface area contributed by atoms with E-state index in [1.807, 2.05) is 0 Å². The molecule has 0 aromatic rings. The molecule has 1 amide bonds. The Bertz CT molecular complexity index is 422. The number of carbonyl (C=O) groups excluding carboxylic acids is 1. The molecule has 1 fully saturated rings. The maximum absolute atomic E-state index is 11.8. The standard InChI is InChI=1S/C18H36N4O2.HI/c1-7-10-19-17(21-13-15(23)22(5)6)20-12-14-9-8-11-24-16(14)18(2,3)4;/h14,16H,7-13H2,1-6H3,(H2,19,20,21);1H. The van der Waals surface area contributed by atoms with Gasteiger partial charge in [0.05, 0.1) is 6.10 Å². The average molecular weight is 468 g/mol. The number of hydrogen-bond acceptors (Lipinski definition) is 3. The minimum absolute atomic E-state index is 0. The van der Waals surface area contributed by atoms with Gasteiger partial charge in [-0.1, -0.05) is 27.7 Å². The number of halogens is 1. The third-order valence-electron chi connectivity index (χ3n) is 4.24. The molecule has 0 bridgehead atoms. The number of guanidine groups is 1. The molecule has 1 rings (SSSR count). The Balaban J connectivity index is 0.00000576. The van der Waals surface area contributed by atoms with Crippen molar-refractivity contribution in [3.63, 3.8) is 0 Å². The molecule has 2 unspecified atom stereocenters. The lowest BCUT2D eigenvalue weighted by atomic mass is 9.78. The highest BCUT2D eigenvalue weighted by atomic mass is 127. The second kappa shape index (κ2) is 11.9. The van der Waals surface area contributed by atoms with Gasteiger partial charge < -0.3 is 20.3 Å². The van der Waals surface area contributed by atoms with E-state index < -0.39 is 0 Å². The molecule has 7 heteroatoms. The van der Waals surface area contributed by atoms with Crippen LogP contribution in [0.15, 0.2) is 4.99 Å². The lowest BCUT2D eigenvalue weighted by Gasteiger charge is -2.40. The molecule has 0 aliphatic carbocycles. The molecule has 0 aromatic carbocycles. The number of amides is 1. The van der Waals surface area contributed by atoms with E-state index in [1.54, 1.807) is 19.0 Å². The number of nitrogens with zero attached hydrogens (tertiary/aromatic N) is 2. The summed E-state index contributed by atoms with van der Waals surface area (Å²) in [7, 11) is 3.50. The zero-order chi connectivity index (χ0) is 18.2. The highest BCUT2D eigenvalue weighted by molar-refractivity contribution is 14.0. The van der Waals surface area contributed by atoms with Crippen molar-refractivity contribution in [3.8, 4) is 0 Å². The predicted octanol–water partition coefficient (Wildman–Crippen LogP) is 2.48. The van der Waals surface area contributed by atoms with E-state index in [1.165, 1.54) is 0 Å². The number of rotatable bonds is 6. The van der Waals surface area contributed by atoms with Gasteiger partial charge in [0.25, 0.3) is 0 Å². The van der Waals surface area contributed by atoms with Gasteiger partial charge >= 0.3 is 0 Å². The number of hydrogen-bond donors (Lipinski definition) is 2. The molecule has 2 atom stereocenters. The molecule has 25 heavy (non-hydrogen) atoms. The summed E-state index contributed by atoms with van der Waals surface area (Å²) in [5.41, 5.74) is 0.127. The van der Waals surface area contributed by atoms with Gasteiger partial charge in [-0.05, 0) is 24.7 Å². The van der Waals surface area contributed by atoms with Gasteiger partial charge in [0.15, 0.2) is 5.96 Å². The summed E-state index contributed by atoms with van der Waals surface area (Å²) in [6.45, 7) is 11.5. The van der Waals surface area contributed by atoms with Gasteiger partial charge in [-0.2, -0.15) is 0 Å². The minimum Gasteiger partial charge on any atom is -0.377 e. The number of carbonyl (C=O) groups is 1. The molecular formula is C18H37IN4O2. The van der Waals surface area contributed by atoms with Crippen LogP contribution in [0.1, 0.15) is 47.0 Å². The summed E-state index contributed by atoms with van der Waals surface area (Å²) < 4.78 is 6.04. The highest BCUT2D eigenvalue weighted by Gasteiger charge is 2.35. The Morgan fingerprint density at radius 3 is 2.52 bits per heavy atom. The molecule has 2 N–H and O–H groups in total. The largest absolute Gasteiger partial charge is 0.377 e. The predicted molar refractivity (Wildman–Crippen MR) is 115 cm³/mol. The molecule has 0 spiro atoms. The van der Waals surface area contributed by atoms with E-state index in [0.717, 1.165) is 39.0 Å². The summed E-state index contributed by atoms with van der Waals surface area (Å²) in [5.74, 6) is 1.17. The smallest absolute Gasteiger partial charge is 0.243 e. The fourth-order valence-corrected chi connectivity index (χ4v) is 2.94. The summed E-state index contributed by atoms with van der Waals surface area (Å²) in [6.07, 6.45) is 3.52. The van der Waals surface area contributed by atoms with Crippen LogP contribution in [0.5, 0.6) is 0 Å². The number of nitrogens with one attached hydrogen (secondary N) is 2. The van der Waals surface area contributed by atoms with Crippen molar-refractivity contribution >= 4 is 35.8 Å². The van der Waals surface area contributed by atoms with Crippen molar-refractivity contribution in [3.05, 3.63) is 0 Å². The molecule has 0 radical (unpaired) electrons. The quantitative estimate of drug-likeness (QED) is 0.357. The molecule has 1 aliphatic rings. The van der Waals surface area contributed by atoms with Gasteiger partial charge in [-0.15, -0.1) is 24.0 Å². The Kier molecular flexibility index (Phi) is 11.7. The van der Waals surface area contributed by atoms with Crippen molar-refractivity contribution in [2.75, 3.05) is 40.3 Å². The Morgan fingerprint density at radius 1 is 1.28 bits per heavy atom. The summed E-state index contributed by atoms with van der Waals surface area (Å²) in [4.78, 5) is 17.7. The molecule has 0 aromatic heterocycles. The molecule has 1 aliphatic heterocycles. The van der Waals surface area contributed by atoms with Crippen molar-refractivity contribution in [2.45, 2.75) is 53.1 Å². The normalized spacial score (nSPS) is 21.3. The Labute approximate surface area is 170 Å². The zero-order valence-electron chi connectivity index (χ0n) is 16.7. The van der Waals surface area contributed by atoms with Gasteiger partial charge in [0.2, 0.25) is 5.91 Å². The maximum atomic E-state index is 11.8. The maximum Gasteiger partial charge on any atom is 0.243 e. The monoisotopic (exact) mass is 468 g/mol. The van der Waals surface area contributed by atoms with Crippen LogP contribution in [-0.2, 0) is 9.53 Å². The fraction of sp³-hybridized carbons (Fsp3) is 0.889. The summed E-state index contributed by atoms with van der Waals surface area (Å²) in [5, 5.41) is 6.69. The van der Waals surface area contributed by atoms with Crippen LogP contribution in [-0.4, -0.2) is 63.2 Å². The first kappa shape index (κ1) is 24.4. The van der Waals surface area contributed by atoms with Gasteiger partial charge in [-0.3, -0.25) is 4.79 Å². The Hall–Kier alpha value is -0.570. The first-order valence-electron chi connectivity index (χ1n) is 9.09. The lowest BCUT2D eigenvalue weighted by molar-refractivity contribution is -0.127. The van der Waals surface area contributed by atoms with Crippen LogP contribution in [0, 0.1) is 11.3 Å². The number of ether oxygens (including phenoxy) is 1. The van der Waals surface area contributed by atoms with Crippen LogP contribution in [0.3, 0.4) is 0 Å². The molecule has 1 heterocycles. The van der Waals surface area contributed by atoms with Crippen molar-refractivity contribution in [1.29, 1.82) is 0 Å². The lowest BCUT2D eigenvalue weighted by Crippen LogP contribution is -2.47. The van der Waals surface area contributed by atoms with Crippen LogP contribution in [0.4, 0.5) is 0 Å². The van der Waals surface area contributed by atoms with Crippen molar-refractivity contribution < 1.29 is 9.53 Å². The van der Waals surface area contributed by atoms with Gasteiger partial charge in [-0.25, -0.2) is 4.99 Å². The third-order valence-corrected chi connectivity index (χ3v) is 4.24. The first-order valence-corrected chi connectivity index (χ1v) is 9.09.